The van der Waals surface area contributed by atoms with Gasteiger partial charge in [0.1, 0.15) is 11.5 Å². The average Bonchev–Trinajstić information content (AvgIpc) is 2.67. The molecule has 1 aromatic heterocycles. The van der Waals surface area contributed by atoms with E-state index in [1.54, 1.807) is 0 Å². The molecular formula is C16H28N2O. The highest BCUT2D eigenvalue weighted by Gasteiger charge is 2.26. The van der Waals surface area contributed by atoms with Gasteiger partial charge in [0.2, 0.25) is 0 Å². The fourth-order valence-corrected chi connectivity index (χ4v) is 3.19. The Kier molecular flexibility index (Phi) is 4.69. The van der Waals surface area contributed by atoms with Crippen LogP contribution in [0.5, 0.6) is 0 Å². The number of aryl methyl sites for hydroxylation is 2. The Morgan fingerprint density at radius 1 is 1.37 bits per heavy atom. The van der Waals surface area contributed by atoms with Gasteiger partial charge in [-0.2, -0.15) is 0 Å². The molecule has 2 unspecified atom stereocenters. The Bertz CT molecular complexity index is 411. The molecule has 1 aliphatic rings. The second kappa shape index (κ2) is 6.10. The summed E-state index contributed by atoms with van der Waals surface area (Å²) in [6.45, 7) is 14.4. The molecule has 1 aliphatic heterocycles. The van der Waals surface area contributed by atoms with Crippen LogP contribution < -0.4 is 5.32 Å². The van der Waals surface area contributed by atoms with E-state index in [-0.39, 0.29) is 0 Å². The van der Waals surface area contributed by atoms with Crippen molar-refractivity contribution >= 4 is 0 Å². The minimum atomic E-state index is 0.453. The van der Waals surface area contributed by atoms with E-state index in [4.69, 9.17) is 4.42 Å². The molecule has 0 aliphatic carbocycles. The molecule has 1 aromatic rings. The number of piperazine rings is 1. The van der Waals surface area contributed by atoms with E-state index in [0.717, 1.165) is 37.1 Å². The van der Waals surface area contributed by atoms with Crippen LogP contribution >= 0.6 is 0 Å². The van der Waals surface area contributed by atoms with E-state index in [2.05, 4.69) is 44.0 Å². The summed E-state index contributed by atoms with van der Waals surface area (Å²) in [5.74, 6) is 2.85. The highest BCUT2D eigenvalue weighted by atomic mass is 16.3. The number of hydrogen-bond acceptors (Lipinski definition) is 3. The van der Waals surface area contributed by atoms with Crippen LogP contribution in [-0.4, -0.2) is 30.6 Å². The molecule has 0 spiro atoms. The molecule has 1 N–H and O–H groups in total. The van der Waals surface area contributed by atoms with Gasteiger partial charge in [-0.15, -0.1) is 0 Å². The maximum absolute atomic E-state index is 5.68. The Labute approximate surface area is 117 Å². The van der Waals surface area contributed by atoms with Crippen LogP contribution in [0.25, 0.3) is 0 Å². The highest BCUT2D eigenvalue weighted by Crippen LogP contribution is 2.27. The van der Waals surface area contributed by atoms with Gasteiger partial charge in [0.15, 0.2) is 0 Å². The molecule has 108 valence electrons. The third kappa shape index (κ3) is 3.61. The van der Waals surface area contributed by atoms with Gasteiger partial charge < -0.3 is 9.73 Å². The lowest BCUT2D eigenvalue weighted by molar-refractivity contribution is 0.143. The summed E-state index contributed by atoms with van der Waals surface area (Å²) in [5, 5.41) is 3.64. The normalized spacial score (nSPS) is 22.9. The lowest BCUT2D eigenvalue weighted by Gasteiger charge is -2.38. The quantitative estimate of drug-likeness (QED) is 0.904. The molecule has 0 radical (unpaired) electrons. The van der Waals surface area contributed by atoms with Crippen molar-refractivity contribution < 1.29 is 4.42 Å². The number of nitrogens with one attached hydrogen (secondary N) is 1. The van der Waals surface area contributed by atoms with Gasteiger partial charge in [0, 0.05) is 37.3 Å². The van der Waals surface area contributed by atoms with Crippen molar-refractivity contribution in [3.8, 4) is 0 Å². The van der Waals surface area contributed by atoms with Crippen molar-refractivity contribution in [2.24, 2.45) is 5.92 Å². The Balaban J connectivity index is 2.02. The maximum atomic E-state index is 5.68. The Morgan fingerprint density at radius 3 is 2.68 bits per heavy atom. The fourth-order valence-electron chi connectivity index (χ4n) is 3.19. The van der Waals surface area contributed by atoms with Crippen molar-refractivity contribution in [2.45, 2.75) is 53.1 Å². The van der Waals surface area contributed by atoms with Crippen LogP contribution in [0.4, 0.5) is 0 Å². The highest BCUT2D eigenvalue weighted by molar-refractivity contribution is 5.23. The number of rotatable bonds is 4. The second-order valence-electron chi connectivity index (χ2n) is 6.32. The molecular weight excluding hydrogens is 236 g/mol. The first-order chi connectivity index (χ1) is 8.97. The first kappa shape index (κ1) is 14.6. The van der Waals surface area contributed by atoms with Crippen molar-refractivity contribution in [1.82, 2.24) is 10.2 Å². The van der Waals surface area contributed by atoms with Crippen molar-refractivity contribution in [1.29, 1.82) is 0 Å². The summed E-state index contributed by atoms with van der Waals surface area (Å²) in [6.07, 6.45) is 1.26. The Morgan fingerprint density at radius 2 is 2.11 bits per heavy atom. The van der Waals surface area contributed by atoms with E-state index in [1.807, 2.05) is 6.92 Å². The monoisotopic (exact) mass is 264 g/mol. The van der Waals surface area contributed by atoms with E-state index < -0.39 is 0 Å². The molecule has 3 nitrogen and oxygen atoms in total. The predicted octanol–water partition coefficient (Wildman–Crippen LogP) is 3.28. The average molecular weight is 264 g/mol. The molecule has 3 heteroatoms. The number of furan rings is 1. The van der Waals surface area contributed by atoms with Gasteiger partial charge in [-0.1, -0.05) is 13.8 Å². The van der Waals surface area contributed by atoms with Crippen LogP contribution in [0.2, 0.25) is 0 Å². The number of nitrogens with zero attached hydrogens (tertiary/aromatic N) is 1. The van der Waals surface area contributed by atoms with E-state index in [0.29, 0.717) is 12.1 Å². The first-order valence-corrected chi connectivity index (χ1v) is 7.51. The van der Waals surface area contributed by atoms with Gasteiger partial charge in [-0.3, -0.25) is 4.90 Å². The number of hydrogen-bond donors (Lipinski definition) is 1. The second-order valence-corrected chi connectivity index (χ2v) is 6.32. The van der Waals surface area contributed by atoms with Gasteiger partial charge in [0.05, 0.1) is 0 Å². The summed E-state index contributed by atoms with van der Waals surface area (Å²) >= 11 is 0. The van der Waals surface area contributed by atoms with Crippen molar-refractivity contribution in [2.75, 3.05) is 19.6 Å². The summed E-state index contributed by atoms with van der Waals surface area (Å²) in [5.41, 5.74) is 1.35. The van der Waals surface area contributed by atoms with Gasteiger partial charge in [-0.25, -0.2) is 0 Å². The van der Waals surface area contributed by atoms with Gasteiger partial charge in [-0.05, 0) is 39.2 Å². The Hall–Kier alpha value is -0.800. The molecule has 1 fully saturated rings. The SMILES string of the molecule is Cc1cc(C(C)N2CCNC(CC(C)C)C2)c(C)o1. The summed E-state index contributed by atoms with van der Waals surface area (Å²) < 4.78 is 5.68. The summed E-state index contributed by atoms with van der Waals surface area (Å²) in [7, 11) is 0. The van der Waals surface area contributed by atoms with E-state index in [9.17, 15) is 0 Å². The maximum Gasteiger partial charge on any atom is 0.105 e. The van der Waals surface area contributed by atoms with Crippen LogP contribution in [0, 0.1) is 19.8 Å². The zero-order chi connectivity index (χ0) is 14.0. The molecule has 0 bridgehead atoms. The molecule has 2 heterocycles. The summed E-state index contributed by atoms with van der Waals surface area (Å²) in [4.78, 5) is 2.58. The largest absolute Gasteiger partial charge is 0.466 e. The molecule has 1 saturated heterocycles. The molecule has 0 amide bonds. The smallest absolute Gasteiger partial charge is 0.105 e. The first-order valence-electron chi connectivity index (χ1n) is 7.51. The minimum Gasteiger partial charge on any atom is -0.466 e. The zero-order valence-corrected chi connectivity index (χ0v) is 13.0. The van der Waals surface area contributed by atoms with Crippen molar-refractivity contribution in [3.05, 3.63) is 23.2 Å². The lowest BCUT2D eigenvalue weighted by atomic mass is 9.99. The van der Waals surface area contributed by atoms with Crippen LogP contribution in [-0.2, 0) is 0 Å². The lowest BCUT2D eigenvalue weighted by Crippen LogP contribution is -2.51. The molecule has 19 heavy (non-hydrogen) atoms. The predicted molar refractivity (Wildman–Crippen MR) is 79.4 cm³/mol. The summed E-state index contributed by atoms with van der Waals surface area (Å²) in [6, 6.07) is 3.28. The van der Waals surface area contributed by atoms with Crippen molar-refractivity contribution in [3.63, 3.8) is 0 Å². The topological polar surface area (TPSA) is 28.4 Å². The van der Waals surface area contributed by atoms with Crippen LogP contribution in [0.15, 0.2) is 10.5 Å². The van der Waals surface area contributed by atoms with Crippen LogP contribution in [0.3, 0.4) is 0 Å². The molecule has 0 aromatic carbocycles. The van der Waals surface area contributed by atoms with Gasteiger partial charge >= 0.3 is 0 Å². The molecule has 2 rings (SSSR count). The third-order valence-electron chi connectivity index (χ3n) is 4.12. The fraction of sp³-hybridized carbons (Fsp3) is 0.750. The van der Waals surface area contributed by atoms with E-state index in [1.165, 1.54) is 12.0 Å². The minimum absolute atomic E-state index is 0.453. The van der Waals surface area contributed by atoms with Crippen LogP contribution in [0.1, 0.15) is 50.3 Å². The van der Waals surface area contributed by atoms with Gasteiger partial charge in [0.25, 0.3) is 0 Å². The van der Waals surface area contributed by atoms with E-state index >= 15 is 0 Å². The molecule has 0 saturated carbocycles. The standard InChI is InChI=1S/C16H28N2O/c1-11(2)8-15-10-18(7-6-17-15)13(4)16-9-12(3)19-14(16)5/h9,11,13,15,17H,6-8,10H2,1-5H3. The molecule has 2 atom stereocenters. The third-order valence-corrected chi connectivity index (χ3v) is 4.12. The zero-order valence-electron chi connectivity index (χ0n) is 13.0.